The Balaban J connectivity index is 1.82. The van der Waals surface area contributed by atoms with Gasteiger partial charge in [-0.25, -0.2) is 9.78 Å². The lowest BCUT2D eigenvalue weighted by atomic mass is 9.83. The fourth-order valence-corrected chi connectivity index (χ4v) is 5.89. The van der Waals surface area contributed by atoms with Crippen LogP contribution in [0.3, 0.4) is 0 Å². The lowest BCUT2D eigenvalue weighted by molar-refractivity contribution is -0.131. The van der Waals surface area contributed by atoms with Crippen molar-refractivity contribution in [3.05, 3.63) is 66.3 Å². The molecular weight excluding hydrogens is 624 g/mol. The van der Waals surface area contributed by atoms with Crippen LogP contribution in [0.4, 0.5) is 4.79 Å². The SMILES string of the molecule is C=C(C[C@H](O)[C@H](CC1CCCCC1)NC(=O)[C@H](Cc1cnc[nH]1)NC(=O)[C@H](Cc1ccccc1)NC(=O)OC(C)(C)C)C(=O)NCC(C)C. The zero-order valence-electron chi connectivity index (χ0n) is 29.7. The predicted octanol–water partition coefficient (Wildman–Crippen LogP) is 4.11. The summed E-state index contributed by atoms with van der Waals surface area (Å²) in [5.41, 5.74) is 0.867. The smallest absolute Gasteiger partial charge is 0.408 e. The Hall–Kier alpha value is -4.19. The van der Waals surface area contributed by atoms with Crippen molar-refractivity contribution in [2.75, 3.05) is 6.54 Å². The van der Waals surface area contributed by atoms with Crippen molar-refractivity contribution in [1.82, 2.24) is 31.2 Å². The molecule has 270 valence electrons. The van der Waals surface area contributed by atoms with Crippen LogP contribution < -0.4 is 21.3 Å². The van der Waals surface area contributed by atoms with Crippen molar-refractivity contribution in [1.29, 1.82) is 0 Å². The number of hydrogen-bond acceptors (Lipinski definition) is 7. The summed E-state index contributed by atoms with van der Waals surface area (Å²) in [5.74, 6) is -0.858. The molecular formula is C37H56N6O6. The van der Waals surface area contributed by atoms with Gasteiger partial charge in [0.2, 0.25) is 17.7 Å². The number of amides is 4. The van der Waals surface area contributed by atoms with E-state index in [1.165, 1.54) is 6.33 Å². The summed E-state index contributed by atoms with van der Waals surface area (Å²) in [6.45, 7) is 13.6. The Labute approximate surface area is 290 Å². The summed E-state index contributed by atoms with van der Waals surface area (Å²) in [7, 11) is 0. The van der Waals surface area contributed by atoms with E-state index >= 15 is 0 Å². The zero-order valence-corrected chi connectivity index (χ0v) is 29.7. The Bertz CT molecular complexity index is 1350. The molecule has 1 aliphatic carbocycles. The van der Waals surface area contributed by atoms with Crippen molar-refractivity contribution in [3.63, 3.8) is 0 Å². The van der Waals surface area contributed by atoms with Gasteiger partial charge in [-0.15, -0.1) is 0 Å². The first-order valence-corrected chi connectivity index (χ1v) is 17.5. The molecule has 2 aromatic rings. The summed E-state index contributed by atoms with van der Waals surface area (Å²) < 4.78 is 5.43. The number of ether oxygens (including phenoxy) is 1. The number of aliphatic hydroxyl groups excluding tert-OH is 1. The minimum Gasteiger partial charge on any atom is -0.444 e. The molecule has 49 heavy (non-hydrogen) atoms. The van der Waals surface area contributed by atoms with Crippen LogP contribution >= 0.6 is 0 Å². The molecule has 12 heteroatoms. The number of rotatable bonds is 17. The summed E-state index contributed by atoms with van der Waals surface area (Å²) >= 11 is 0. The molecule has 1 saturated carbocycles. The Morgan fingerprint density at radius 2 is 1.63 bits per heavy atom. The molecule has 1 aromatic heterocycles. The number of carbonyl (C=O) groups is 4. The number of nitrogens with zero attached hydrogens (tertiary/aromatic N) is 1. The minimum absolute atomic E-state index is 0.0157. The van der Waals surface area contributed by atoms with Crippen molar-refractivity contribution in [2.45, 2.75) is 122 Å². The van der Waals surface area contributed by atoms with Crippen LogP contribution in [-0.4, -0.2) is 75.3 Å². The molecule has 12 nitrogen and oxygen atoms in total. The van der Waals surface area contributed by atoms with Crippen molar-refractivity contribution < 1.29 is 29.0 Å². The lowest BCUT2D eigenvalue weighted by Gasteiger charge is -2.32. The maximum atomic E-state index is 14.1. The molecule has 1 heterocycles. The molecule has 0 bridgehead atoms. The van der Waals surface area contributed by atoms with Gasteiger partial charge in [0.05, 0.1) is 18.5 Å². The molecule has 6 N–H and O–H groups in total. The number of aromatic amines is 1. The van der Waals surface area contributed by atoms with Crippen LogP contribution in [0.25, 0.3) is 0 Å². The molecule has 0 saturated heterocycles. The fourth-order valence-electron chi connectivity index (χ4n) is 5.89. The van der Waals surface area contributed by atoms with Crippen molar-refractivity contribution in [3.8, 4) is 0 Å². The maximum Gasteiger partial charge on any atom is 0.408 e. The lowest BCUT2D eigenvalue weighted by Crippen LogP contribution is -2.57. The second kappa shape index (κ2) is 19.1. The van der Waals surface area contributed by atoms with Gasteiger partial charge in [0.1, 0.15) is 17.7 Å². The number of benzene rings is 1. The standard InChI is InChI=1S/C37H56N6O6/c1-24(2)21-39-33(45)25(3)17-32(44)29(18-26-13-9-7-10-14-26)41-35(47)31(20-28-22-38-23-40-28)42-34(46)30(19-27-15-11-8-12-16-27)43-36(48)49-37(4,5)6/h8,11-12,15-16,22-24,26,29-32,44H,3,7,9-10,13-14,17-21H2,1-2,4-6H3,(H,38,40)(H,39,45)(H,41,47)(H,42,46)(H,43,48)/t29-,30-,31-,32-/m0/s1. The Morgan fingerprint density at radius 3 is 2.24 bits per heavy atom. The first-order chi connectivity index (χ1) is 23.2. The molecule has 1 aliphatic rings. The number of nitrogens with one attached hydrogen (secondary N) is 5. The second-order valence-electron chi connectivity index (χ2n) is 14.6. The van der Waals surface area contributed by atoms with E-state index in [1.807, 2.05) is 44.2 Å². The van der Waals surface area contributed by atoms with E-state index in [-0.39, 0.29) is 36.7 Å². The van der Waals surface area contributed by atoms with Gasteiger partial charge in [-0.05, 0) is 44.6 Å². The van der Waals surface area contributed by atoms with Gasteiger partial charge < -0.3 is 36.1 Å². The Morgan fingerprint density at radius 1 is 0.980 bits per heavy atom. The number of H-pyrrole nitrogens is 1. The average Bonchev–Trinajstić information content (AvgIpc) is 3.56. The number of carbonyl (C=O) groups excluding carboxylic acids is 4. The van der Waals surface area contributed by atoms with Crippen molar-refractivity contribution >= 4 is 23.8 Å². The largest absolute Gasteiger partial charge is 0.444 e. The minimum atomic E-state index is -1.08. The number of aromatic nitrogens is 2. The summed E-state index contributed by atoms with van der Waals surface area (Å²) in [6.07, 6.45) is 7.26. The fraction of sp³-hybridized carbons (Fsp3) is 0.595. The van der Waals surface area contributed by atoms with Crippen molar-refractivity contribution in [2.24, 2.45) is 11.8 Å². The van der Waals surface area contributed by atoms with Crippen LogP contribution in [0, 0.1) is 11.8 Å². The molecule has 0 aliphatic heterocycles. The average molecular weight is 681 g/mol. The first kappa shape index (κ1) is 39.3. The molecule has 4 atom stereocenters. The molecule has 1 aromatic carbocycles. The van der Waals surface area contributed by atoms with Gasteiger partial charge in [0, 0.05) is 43.3 Å². The predicted molar refractivity (Wildman–Crippen MR) is 188 cm³/mol. The first-order valence-electron chi connectivity index (χ1n) is 17.5. The van der Waals surface area contributed by atoms with E-state index in [9.17, 15) is 24.3 Å². The van der Waals surface area contributed by atoms with Crippen LogP contribution in [0.1, 0.15) is 90.8 Å². The van der Waals surface area contributed by atoms with Gasteiger partial charge in [0.25, 0.3) is 0 Å². The van der Waals surface area contributed by atoms with Crippen LogP contribution in [0.2, 0.25) is 0 Å². The van der Waals surface area contributed by atoms with Gasteiger partial charge in [0.15, 0.2) is 0 Å². The maximum absolute atomic E-state index is 14.1. The third kappa shape index (κ3) is 14.4. The van der Waals surface area contributed by atoms with E-state index in [1.54, 1.807) is 27.0 Å². The monoisotopic (exact) mass is 680 g/mol. The summed E-state index contributed by atoms with van der Waals surface area (Å²) in [5, 5.41) is 22.8. The Kier molecular flexibility index (Phi) is 15.3. The van der Waals surface area contributed by atoms with Gasteiger partial charge in [-0.2, -0.15) is 0 Å². The molecule has 0 radical (unpaired) electrons. The molecule has 1 fully saturated rings. The molecule has 4 amide bonds. The van der Waals surface area contributed by atoms with Gasteiger partial charge in [-0.1, -0.05) is 82.9 Å². The number of alkyl carbamates (subject to hydrolysis) is 1. The highest BCUT2D eigenvalue weighted by Crippen LogP contribution is 2.29. The van der Waals surface area contributed by atoms with Crippen LogP contribution in [-0.2, 0) is 32.0 Å². The van der Waals surface area contributed by atoms with E-state index < -0.39 is 47.7 Å². The van der Waals surface area contributed by atoms with E-state index in [0.29, 0.717) is 24.6 Å². The van der Waals surface area contributed by atoms with Gasteiger partial charge in [-0.3, -0.25) is 14.4 Å². The summed E-state index contributed by atoms with van der Waals surface area (Å²) in [4.78, 5) is 60.4. The normalized spacial score (nSPS) is 16.1. The number of imidazole rings is 1. The third-order valence-corrected chi connectivity index (χ3v) is 8.45. The third-order valence-electron chi connectivity index (χ3n) is 8.45. The highest BCUT2D eigenvalue weighted by atomic mass is 16.6. The summed E-state index contributed by atoms with van der Waals surface area (Å²) in [6, 6.07) is 6.41. The second-order valence-corrected chi connectivity index (χ2v) is 14.6. The molecule has 0 unspecified atom stereocenters. The highest BCUT2D eigenvalue weighted by molar-refractivity contribution is 5.93. The van der Waals surface area contributed by atoms with E-state index in [0.717, 1.165) is 37.7 Å². The zero-order chi connectivity index (χ0) is 36.0. The van der Waals surface area contributed by atoms with E-state index in [2.05, 4.69) is 37.8 Å². The van der Waals surface area contributed by atoms with Crippen LogP contribution in [0.5, 0.6) is 0 Å². The highest BCUT2D eigenvalue weighted by Gasteiger charge is 2.33. The molecule has 0 spiro atoms. The van der Waals surface area contributed by atoms with Gasteiger partial charge >= 0.3 is 6.09 Å². The van der Waals surface area contributed by atoms with E-state index in [4.69, 9.17) is 4.74 Å². The quantitative estimate of drug-likeness (QED) is 0.136. The topological polar surface area (TPSA) is 175 Å². The van der Waals surface area contributed by atoms with Crippen LogP contribution in [0.15, 0.2) is 55.0 Å². The number of hydrogen-bond donors (Lipinski definition) is 6. The molecule has 3 rings (SSSR count). The number of aliphatic hydroxyl groups is 1.